The number of rotatable bonds is 7. The molecule has 2 fully saturated rings. The van der Waals surface area contributed by atoms with Gasteiger partial charge in [0, 0.05) is 48.2 Å². The Morgan fingerprint density at radius 1 is 1.15 bits per heavy atom. The van der Waals surface area contributed by atoms with Gasteiger partial charge in [0.05, 0.1) is 11.7 Å². The Hall–Kier alpha value is -3.24. The molecule has 1 N–H and O–H groups in total. The third-order valence-corrected chi connectivity index (χ3v) is 11.1. The molecule has 252 valence electrons. The highest BCUT2D eigenvalue weighted by Crippen LogP contribution is 2.61. The molecule has 1 unspecified atom stereocenters. The number of carbonyl (C=O) groups excluding carboxylic acids is 3. The highest BCUT2D eigenvalue weighted by molar-refractivity contribution is 6.17. The van der Waals surface area contributed by atoms with Crippen molar-refractivity contribution >= 4 is 29.5 Å². The van der Waals surface area contributed by atoms with Crippen LogP contribution in [0, 0.1) is 29.6 Å². The lowest BCUT2D eigenvalue weighted by Gasteiger charge is -2.49. The Balaban J connectivity index is 1.32. The van der Waals surface area contributed by atoms with Crippen LogP contribution in [0.2, 0.25) is 0 Å². The number of methoxy groups -OCH3 is 1. The van der Waals surface area contributed by atoms with Gasteiger partial charge < -0.3 is 28.8 Å². The Kier molecular flexibility index (Phi) is 9.55. The molecular weight excluding hydrogens is 624 g/mol. The summed E-state index contributed by atoms with van der Waals surface area (Å²) in [5.41, 5.74) is 1.68. The highest BCUT2D eigenvalue weighted by atomic mass is 35.5. The van der Waals surface area contributed by atoms with Gasteiger partial charge >= 0.3 is 17.9 Å². The molecule has 9 nitrogen and oxygen atoms in total. The number of halogens is 1. The third kappa shape index (κ3) is 5.90. The van der Waals surface area contributed by atoms with Crippen molar-refractivity contribution in [2.75, 3.05) is 7.11 Å². The molecule has 1 aromatic rings. The molecule has 4 bridgehead atoms. The van der Waals surface area contributed by atoms with E-state index in [1.165, 1.54) is 7.11 Å². The van der Waals surface area contributed by atoms with Gasteiger partial charge in [-0.2, -0.15) is 0 Å². The second kappa shape index (κ2) is 13.3. The number of cyclic esters (lactones) is 1. The van der Waals surface area contributed by atoms with Gasteiger partial charge in [0.2, 0.25) is 0 Å². The second-order valence-corrected chi connectivity index (χ2v) is 13.8. The molecule has 3 aliphatic carbocycles. The van der Waals surface area contributed by atoms with Crippen LogP contribution in [0.4, 0.5) is 0 Å². The van der Waals surface area contributed by atoms with Gasteiger partial charge in [-0.15, -0.1) is 11.6 Å². The summed E-state index contributed by atoms with van der Waals surface area (Å²) in [7, 11) is 1.46. The standard InChI is InChI=1S/C37H43ClO9/c1-19-16-20(2)37-26(14-15-27-29(37)30(39)21(3)32(33(27)47-37)46-35(41)24-8-6-7-9-24)17-28(43-5)36(42)45-31(19)22(4)44-34(40)25-12-10-23(18-38)11-13-25/h6-8,10-16,19,21-22,26-33,39H,9,17-18H2,1-5H3/b20-16+/t19-,21-,22-,26?,27-,28+,29+,30-,31+,32-,33-,37+/m1/s1. The van der Waals surface area contributed by atoms with Gasteiger partial charge in [-0.1, -0.05) is 62.4 Å². The van der Waals surface area contributed by atoms with Crippen LogP contribution in [0.5, 0.6) is 0 Å². The van der Waals surface area contributed by atoms with E-state index < -0.39 is 66.1 Å². The number of carbonyl (C=O) groups is 3. The third-order valence-electron chi connectivity index (χ3n) is 10.8. The Labute approximate surface area is 280 Å². The maximum absolute atomic E-state index is 13.6. The first kappa shape index (κ1) is 33.7. The molecule has 6 rings (SSSR count). The van der Waals surface area contributed by atoms with E-state index in [-0.39, 0.29) is 30.1 Å². The van der Waals surface area contributed by atoms with Crippen LogP contribution >= 0.6 is 11.6 Å². The predicted molar refractivity (Wildman–Crippen MR) is 173 cm³/mol. The fourth-order valence-electron chi connectivity index (χ4n) is 8.32. The smallest absolute Gasteiger partial charge is 0.338 e. The summed E-state index contributed by atoms with van der Waals surface area (Å²) < 4.78 is 30.7. The van der Waals surface area contributed by atoms with Gasteiger partial charge in [0.1, 0.15) is 30.0 Å². The number of hydrogen-bond donors (Lipinski definition) is 1. The summed E-state index contributed by atoms with van der Waals surface area (Å²) in [6, 6.07) is 6.83. The van der Waals surface area contributed by atoms with Gasteiger partial charge in [0.15, 0.2) is 6.10 Å². The van der Waals surface area contributed by atoms with E-state index in [0.29, 0.717) is 23.4 Å². The first-order valence-corrected chi connectivity index (χ1v) is 16.9. The van der Waals surface area contributed by atoms with Gasteiger partial charge in [-0.3, -0.25) is 0 Å². The molecule has 0 radical (unpaired) electrons. The minimum Gasteiger partial charge on any atom is -0.456 e. The van der Waals surface area contributed by atoms with E-state index in [2.05, 4.69) is 0 Å². The molecule has 2 heterocycles. The molecule has 12 atom stereocenters. The zero-order valence-electron chi connectivity index (χ0n) is 27.3. The van der Waals surface area contributed by atoms with Crippen molar-refractivity contribution < 1.29 is 43.2 Å². The molecule has 0 amide bonds. The van der Waals surface area contributed by atoms with Crippen molar-refractivity contribution in [1.29, 1.82) is 0 Å². The van der Waals surface area contributed by atoms with Gasteiger partial charge in [-0.05, 0) is 50.0 Å². The maximum Gasteiger partial charge on any atom is 0.338 e. The zero-order chi connectivity index (χ0) is 33.6. The summed E-state index contributed by atoms with van der Waals surface area (Å²) in [6.45, 7) is 7.48. The van der Waals surface area contributed by atoms with Crippen molar-refractivity contribution in [3.05, 3.63) is 83.0 Å². The molecule has 1 aromatic carbocycles. The van der Waals surface area contributed by atoms with Crippen LogP contribution in [0.15, 0.2) is 71.9 Å². The normalized spacial score (nSPS) is 39.2. The van der Waals surface area contributed by atoms with E-state index in [9.17, 15) is 19.5 Å². The van der Waals surface area contributed by atoms with E-state index in [1.54, 1.807) is 37.3 Å². The number of aliphatic hydroxyl groups excluding tert-OH is 1. The molecule has 0 aromatic heterocycles. The minimum atomic E-state index is -0.996. The van der Waals surface area contributed by atoms with Gasteiger partial charge in [-0.25, -0.2) is 14.4 Å². The fourth-order valence-corrected chi connectivity index (χ4v) is 8.50. The van der Waals surface area contributed by atoms with Crippen LogP contribution in [0.3, 0.4) is 0 Å². The van der Waals surface area contributed by atoms with E-state index in [4.69, 9.17) is 35.3 Å². The highest BCUT2D eigenvalue weighted by Gasteiger charge is 2.69. The summed E-state index contributed by atoms with van der Waals surface area (Å²) in [4.78, 5) is 39.8. The van der Waals surface area contributed by atoms with E-state index >= 15 is 0 Å². The number of hydrogen-bond acceptors (Lipinski definition) is 9. The van der Waals surface area contributed by atoms with Crippen LogP contribution in [-0.2, 0) is 39.2 Å². The van der Waals surface area contributed by atoms with Crippen molar-refractivity contribution in [3.63, 3.8) is 0 Å². The Morgan fingerprint density at radius 3 is 2.55 bits per heavy atom. The van der Waals surface area contributed by atoms with Crippen LogP contribution in [-0.4, -0.2) is 72.3 Å². The average Bonchev–Trinajstić information content (AvgIpc) is 3.67. The molecule has 10 heteroatoms. The molecule has 1 saturated heterocycles. The number of aliphatic hydroxyl groups is 1. The molecule has 5 aliphatic rings. The Morgan fingerprint density at radius 2 is 1.89 bits per heavy atom. The summed E-state index contributed by atoms with van der Waals surface area (Å²) in [5.74, 6) is -2.89. The zero-order valence-corrected chi connectivity index (χ0v) is 28.1. The van der Waals surface area contributed by atoms with Crippen LogP contribution in [0.1, 0.15) is 56.5 Å². The fraction of sp³-hybridized carbons (Fsp3) is 0.541. The number of benzene rings is 1. The summed E-state index contributed by atoms with van der Waals surface area (Å²) in [5, 5.41) is 11.9. The molecular formula is C37H43ClO9. The maximum atomic E-state index is 13.6. The molecule has 47 heavy (non-hydrogen) atoms. The summed E-state index contributed by atoms with van der Waals surface area (Å²) in [6.07, 6.45) is 7.72. The quantitative estimate of drug-likeness (QED) is 0.180. The lowest BCUT2D eigenvalue weighted by Crippen LogP contribution is -2.57. The van der Waals surface area contributed by atoms with Gasteiger partial charge in [0.25, 0.3) is 0 Å². The van der Waals surface area contributed by atoms with E-state index in [0.717, 1.165) is 11.1 Å². The lowest BCUT2D eigenvalue weighted by molar-refractivity contribution is -0.173. The Bertz CT molecular complexity index is 1510. The lowest BCUT2D eigenvalue weighted by atomic mass is 9.57. The largest absolute Gasteiger partial charge is 0.456 e. The van der Waals surface area contributed by atoms with E-state index in [1.807, 2.05) is 51.2 Å². The molecule has 1 spiro atoms. The first-order valence-electron chi connectivity index (χ1n) is 16.4. The second-order valence-electron chi connectivity index (χ2n) is 13.5. The van der Waals surface area contributed by atoms with Crippen LogP contribution in [0.25, 0.3) is 0 Å². The average molecular weight is 667 g/mol. The van der Waals surface area contributed by atoms with Crippen molar-refractivity contribution in [2.45, 2.75) is 88.6 Å². The number of ether oxygens (including phenoxy) is 5. The molecule has 1 saturated carbocycles. The SMILES string of the molecule is CO[C@H]1CC2C=C[C@H]3[C@H]4O[C@]2(/C(C)=C/[C@@H](C)[C@@H]([C@@H](C)OC(=O)c2ccc(CCl)cc2)OC1=O)[C@@H]3[C@H](O)[C@@H](C)[C@H]4OC(=O)C1=CC=CC1. The monoisotopic (exact) mass is 666 g/mol. The predicted octanol–water partition coefficient (Wildman–Crippen LogP) is 5.25. The minimum absolute atomic E-state index is 0.207. The molecule has 2 aliphatic heterocycles. The van der Waals surface area contributed by atoms with Crippen LogP contribution < -0.4 is 0 Å². The summed E-state index contributed by atoms with van der Waals surface area (Å²) >= 11 is 5.89. The number of allylic oxidation sites excluding steroid dienone is 3. The topological polar surface area (TPSA) is 118 Å². The number of alkyl halides is 1. The number of esters is 3. The first-order chi connectivity index (χ1) is 22.5. The van der Waals surface area contributed by atoms with Crippen molar-refractivity contribution in [2.24, 2.45) is 29.6 Å². The van der Waals surface area contributed by atoms with Crippen molar-refractivity contribution in [3.8, 4) is 0 Å². The van der Waals surface area contributed by atoms with Crippen molar-refractivity contribution in [1.82, 2.24) is 0 Å².